The zero-order valence-electron chi connectivity index (χ0n) is 10.3. The minimum atomic E-state index is 0.445. The molecule has 0 spiro atoms. The predicted octanol–water partition coefficient (Wildman–Crippen LogP) is 2.72. The van der Waals surface area contributed by atoms with Gasteiger partial charge in [-0.05, 0) is 25.3 Å². The van der Waals surface area contributed by atoms with Crippen molar-refractivity contribution in [2.75, 3.05) is 0 Å². The molecule has 1 aromatic rings. The molecule has 0 aliphatic heterocycles. The first kappa shape index (κ1) is 12.5. The van der Waals surface area contributed by atoms with Crippen molar-refractivity contribution in [3.63, 3.8) is 0 Å². The van der Waals surface area contributed by atoms with Crippen LogP contribution in [0.5, 0.6) is 0 Å². The van der Waals surface area contributed by atoms with Crippen LogP contribution < -0.4 is 5.73 Å². The zero-order valence-corrected chi connectivity index (χ0v) is 11.1. The first-order chi connectivity index (χ1) is 8.16. The van der Waals surface area contributed by atoms with E-state index in [1.54, 1.807) is 0 Å². The monoisotopic (exact) mass is 248 g/mol. The molecular weight excluding hydrogens is 228 g/mol. The third-order valence-electron chi connectivity index (χ3n) is 3.29. The average molecular weight is 248 g/mol. The Morgan fingerprint density at radius 1 is 1.41 bits per heavy atom. The molecule has 0 heterocycles. The van der Waals surface area contributed by atoms with Crippen LogP contribution in [0.4, 0.5) is 0 Å². The lowest BCUT2D eigenvalue weighted by Crippen LogP contribution is -2.37. The summed E-state index contributed by atoms with van der Waals surface area (Å²) in [6, 6.07) is 11.8. The fourth-order valence-electron chi connectivity index (χ4n) is 2.25. The van der Waals surface area contributed by atoms with Gasteiger partial charge in [0.05, 0.1) is 4.99 Å². The summed E-state index contributed by atoms with van der Waals surface area (Å²) in [6.07, 6.45) is 3.45. The highest BCUT2D eigenvalue weighted by Crippen LogP contribution is 2.30. The first-order valence-electron chi connectivity index (χ1n) is 6.25. The average Bonchev–Trinajstić information content (AvgIpc) is 3.10. The van der Waals surface area contributed by atoms with Crippen molar-refractivity contribution in [3.8, 4) is 0 Å². The topological polar surface area (TPSA) is 29.3 Å². The van der Waals surface area contributed by atoms with E-state index in [2.05, 4.69) is 42.2 Å². The minimum absolute atomic E-state index is 0.445. The maximum absolute atomic E-state index is 5.65. The van der Waals surface area contributed by atoms with Gasteiger partial charge in [0.15, 0.2) is 0 Å². The van der Waals surface area contributed by atoms with E-state index < -0.39 is 0 Å². The summed E-state index contributed by atoms with van der Waals surface area (Å²) in [7, 11) is 0. The van der Waals surface area contributed by atoms with Crippen molar-refractivity contribution in [1.82, 2.24) is 4.90 Å². The van der Waals surface area contributed by atoms with Gasteiger partial charge in [0.2, 0.25) is 0 Å². The lowest BCUT2D eigenvalue weighted by molar-refractivity contribution is 0.194. The molecule has 0 saturated heterocycles. The fourth-order valence-corrected chi connectivity index (χ4v) is 2.49. The molecule has 1 atom stereocenters. The number of benzene rings is 1. The van der Waals surface area contributed by atoms with Crippen LogP contribution in [-0.4, -0.2) is 22.0 Å². The van der Waals surface area contributed by atoms with E-state index in [4.69, 9.17) is 18.0 Å². The van der Waals surface area contributed by atoms with Crippen LogP contribution in [0.2, 0.25) is 0 Å². The normalized spacial score (nSPS) is 17.1. The van der Waals surface area contributed by atoms with Gasteiger partial charge < -0.3 is 5.73 Å². The lowest BCUT2D eigenvalue weighted by atomic mass is 10.1. The van der Waals surface area contributed by atoms with E-state index in [0.717, 1.165) is 19.0 Å². The Hall–Kier alpha value is -0.930. The first-order valence-corrected chi connectivity index (χ1v) is 6.65. The van der Waals surface area contributed by atoms with Gasteiger partial charge in [-0.25, -0.2) is 0 Å². The second-order valence-electron chi connectivity index (χ2n) is 4.91. The molecule has 1 fully saturated rings. The number of hydrogen-bond acceptors (Lipinski definition) is 2. The van der Waals surface area contributed by atoms with Crippen LogP contribution in [-0.2, 0) is 6.54 Å². The number of hydrogen-bond donors (Lipinski definition) is 1. The molecule has 2 N–H and O–H groups in total. The predicted molar refractivity (Wildman–Crippen MR) is 75.9 cm³/mol. The highest BCUT2D eigenvalue weighted by Gasteiger charge is 2.32. The Bertz CT molecular complexity index is 373. The summed E-state index contributed by atoms with van der Waals surface area (Å²) in [5.74, 6) is 0. The van der Waals surface area contributed by atoms with Gasteiger partial charge in [-0.2, -0.15) is 0 Å². The van der Waals surface area contributed by atoms with Crippen molar-refractivity contribution in [1.29, 1.82) is 0 Å². The number of nitrogens with two attached hydrogens (primary N) is 1. The maximum atomic E-state index is 5.65. The van der Waals surface area contributed by atoms with E-state index in [0.29, 0.717) is 11.0 Å². The van der Waals surface area contributed by atoms with Crippen LogP contribution in [0, 0.1) is 0 Å². The molecule has 1 unspecified atom stereocenters. The van der Waals surface area contributed by atoms with E-state index in [1.807, 2.05) is 0 Å². The largest absolute Gasteiger partial charge is 0.393 e. The Kier molecular flexibility index (Phi) is 4.13. The summed E-state index contributed by atoms with van der Waals surface area (Å²) < 4.78 is 0. The second kappa shape index (κ2) is 5.61. The van der Waals surface area contributed by atoms with Crippen molar-refractivity contribution >= 4 is 17.2 Å². The highest BCUT2D eigenvalue weighted by atomic mass is 32.1. The molecular formula is C14H20N2S. The molecule has 0 radical (unpaired) electrons. The van der Waals surface area contributed by atoms with Gasteiger partial charge in [0.25, 0.3) is 0 Å². The van der Waals surface area contributed by atoms with Gasteiger partial charge in [0, 0.05) is 25.0 Å². The van der Waals surface area contributed by atoms with Crippen molar-refractivity contribution in [3.05, 3.63) is 35.9 Å². The van der Waals surface area contributed by atoms with E-state index in [-0.39, 0.29) is 0 Å². The Morgan fingerprint density at radius 2 is 2.06 bits per heavy atom. The summed E-state index contributed by atoms with van der Waals surface area (Å²) in [4.78, 5) is 3.16. The van der Waals surface area contributed by atoms with Gasteiger partial charge in [0.1, 0.15) is 0 Å². The summed E-state index contributed by atoms with van der Waals surface area (Å²) in [6.45, 7) is 3.23. The van der Waals surface area contributed by atoms with Crippen molar-refractivity contribution in [2.24, 2.45) is 5.73 Å². The molecule has 1 aliphatic rings. The molecule has 1 aromatic carbocycles. The molecule has 1 aliphatic carbocycles. The molecule has 1 saturated carbocycles. The standard InChI is InChI=1S/C14H20N2S/c1-11(9-14(15)17)16(13-7-8-13)10-12-5-3-2-4-6-12/h2-6,11,13H,7-10H2,1H3,(H2,15,17). The van der Waals surface area contributed by atoms with Crippen LogP contribution >= 0.6 is 12.2 Å². The number of nitrogens with zero attached hydrogens (tertiary/aromatic N) is 1. The molecule has 0 aromatic heterocycles. The van der Waals surface area contributed by atoms with Gasteiger partial charge in [-0.1, -0.05) is 42.5 Å². The maximum Gasteiger partial charge on any atom is 0.0742 e. The van der Waals surface area contributed by atoms with Gasteiger partial charge in [-0.15, -0.1) is 0 Å². The van der Waals surface area contributed by atoms with E-state index in [9.17, 15) is 0 Å². The Morgan fingerprint density at radius 3 is 2.59 bits per heavy atom. The zero-order chi connectivity index (χ0) is 12.3. The van der Waals surface area contributed by atoms with Crippen LogP contribution in [0.3, 0.4) is 0 Å². The van der Waals surface area contributed by atoms with Crippen LogP contribution in [0.1, 0.15) is 31.7 Å². The van der Waals surface area contributed by atoms with Gasteiger partial charge in [-0.3, -0.25) is 4.90 Å². The Labute approximate surface area is 109 Å². The Balaban J connectivity index is 2.00. The third-order valence-corrected chi connectivity index (χ3v) is 3.45. The molecule has 92 valence electrons. The highest BCUT2D eigenvalue weighted by molar-refractivity contribution is 7.80. The summed E-state index contributed by atoms with van der Waals surface area (Å²) in [5, 5.41) is 0. The summed E-state index contributed by atoms with van der Waals surface area (Å²) >= 11 is 5.01. The number of rotatable bonds is 6. The minimum Gasteiger partial charge on any atom is -0.393 e. The molecule has 3 heteroatoms. The third kappa shape index (κ3) is 3.79. The summed E-state index contributed by atoms with van der Waals surface area (Å²) in [5.41, 5.74) is 7.02. The van der Waals surface area contributed by atoms with Crippen LogP contribution in [0.25, 0.3) is 0 Å². The van der Waals surface area contributed by atoms with E-state index in [1.165, 1.54) is 18.4 Å². The lowest BCUT2D eigenvalue weighted by Gasteiger charge is -2.29. The van der Waals surface area contributed by atoms with E-state index >= 15 is 0 Å². The fraction of sp³-hybridized carbons (Fsp3) is 0.500. The number of thiocarbonyl (C=S) groups is 1. The quantitative estimate of drug-likeness (QED) is 0.785. The smallest absolute Gasteiger partial charge is 0.0742 e. The van der Waals surface area contributed by atoms with Crippen molar-refractivity contribution < 1.29 is 0 Å². The molecule has 2 nitrogen and oxygen atoms in total. The molecule has 0 amide bonds. The van der Waals surface area contributed by atoms with Crippen molar-refractivity contribution in [2.45, 2.75) is 44.8 Å². The molecule has 2 rings (SSSR count). The molecule has 17 heavy (non-hydrogen) atoms. The second-order valence-corrected chi connectivity index (χ2v) is 5.43. The SMILES string of the molecule is CC(CC(N)=S)N(Cc1ccccc1)C1CC1. The van der Waals surface area contributed by atoms with Crippen LogP contribution in [0.15, 0.2) is 30.3 Å². The van der Waals surface area contributed by atoms with Gasteiger partial charge >= 0.3 is 0 Å². The molecule has 0 bridgehead atoms.